The minimum Gasteiger partial charge on any atom is -0.379 e. The summed E-state index contributed by atoms with van der Waals surface area (Å²) in [6, 6.07) is 0.146. The van der Waals surface area contributed by atoms with E-state index in [4.69, 9.17) is 10.5 Å². The van der Waals surface area contributed by atoms with Crippen LogP contribution in [0.3, 0.4) is 0 Å². The van der Waals surface area contributed by atoms with E-state index >= 15 is 0 Å². The lowest BCUT2D eigenvalue weighted by Gasteiger charge is -2.16. The Bertz CT molecular complexity index is 187. The number of amides is 1. The van der Waals surface area contributed by atoms with Crippen LogP contribution in [0.25, 0.3) is 0 Å². The maximum atomic E-state index is 11.6. The fraction of sp³-hybridized carbons (Fsp3) is 0.889. The van der Waals surface area contributed by atoms with E-state index in [1.54, 1.807) is 0 Å². The van der Waals surface area contributed by atoms with E-state index in [1.807, 2.05) is 7.05 Å². The predicted molar refractivity (Wildman–Crippen MR) is 53.8 cm³/mol. The highest BCUT2D eigenvalue weighted by molar-refractivity contribution is 5.79. The number of rotatable bonds is 5. The van der Waals surface area contributed by atoms with E-state index in [0.29, 0.717) is 26.3 Å². The molecule has 1 amide bonds. The molecule has 2 atom stereocenters. The summed E-state index contributed by atoms with van der Waals surface area (Å²) in [6.07, 6.45) is 0.823. The molecule has 2 unspecified atom stereocenters. The summed E-state index contributed by atoms with van der Waals surface area (Å²) in [5.74, 6) is 0.00748. The zero-order valence-electron chi connectivity index (χ0n) is 8.58. The van der Waals surface area contributed by atoms with Gasteiger partial charge in [-0.15, -0.1) is 0 Å². The molecule has 1 saturated heterocycles. The first-order valence-electron chi connectivity index (χ1n) is 5.02. The largest absolute Gasteiger partial charge is 0.379 e. The highest BCUT2D eigenvalue weighted by Gasteiger charge is 2.32. The van der Waals surface area contributed by atoms with Crippen LogP contribution >= 0.6 is 0 Å². The minimum atomic E-state index is -0.0576. The van der Waals surface area contributed by atoms with Gasteiger partial charge in [0, 0.05) is 12.6 Å². The van der Waals surface area contributed by atoms with Gasteiger partial charge in [-0.25, -0.2) is 0 Å². The molecule has 1 rings (SSSR count). The molecule has 1 fully saturated rings. The van der Waals surface area contributed by atoms with Crippen molar-refractivity contribution in [1.82, 2.24) is 10.6 Å². The van der Waals surface area contributed by atoms with Crippen molar-refractivity contribution in [3.63, 3.8) is 0 Å². The zero-order valence-corrected chi connectivity index (χ0v) is 8.58. The molecule has 0 spiro atoms. The van der Waals surface area contributed by atoms with E-state index in [0.717, 1.165) is 6.42 Å². The molecule has 0 aromatic heterocycles. The van der Waals surface area contributed by atoms with Crippen molar-refractivity contribution in [2.75, 3.05) is 33.4 Å². The minimum absolute atomic E-state index is 0.0576. The van der Waals surface area contributed by atoms with Crippen LogP contribution in [0.2, 0.25) is 0 Å². The van der Waals surface area contributed by atoms with Crippen LogP contribution < -0.4 is 16.4 Å². The van der Waals surface area contributed by atoms with Gasteiger partial charge in [0.1, 0.15) is 0 Å². The van der Waals surface area contributed by atoms with Crippen LogP contribution in [0.15, 0.2) is 0 Å². The second-order valence-corrected chi connectivity index (χ2v) is 3.47. The Morgan fingerprint density at radius 2 is 2.36 bits per heavy atom. The average molecular weight is 201 g/mol. The Morgan fingerprint density at radius 3 is 3.00 bits per heavy atom. The Labute approximate surface area is 84.4 Å². The standard InChI is InChI=1S/C9H19N3O2/c1-11-8-6-14-5-7(8)9(13)12-4-2-3-10/h7-8,11H,2-6,10H2,1H3,(H,12,13). The summed E-state index contributed by atoms with van der Waals surface area (Å²) in [4.78, 5) is 11.6. The van der Waals surface area contributed by atoms with E-state index in [2.05, 4.69) is 10.6 Å². The number of nitrogens with one attached hydrogen (secondary N) is 2. The van der Waals surface area contributed by atoms with Crippen molar-refractivity contribution in [3.8, 4) is 0 Å². The Hall–Kier alpha value is -0.650. The molecule has 5 nitrogen and oxygen atoms in total. The molecule has 0 aliphatic carbocycles. The Balaban J connectivity index is 2.28. The second kappa shape index (κ2) is 5.95. The molecule has 0 aromatic carbocycles. The van der Waals surface area contributed by atoms with Crippen LogP contribution in [0.5, 0.6) is 0 Å². The molecule has 1 aliphatic heterocycles. The van der Waals surface area contributed by atoms with Crippen molar-refractivity contribution < 1.29 is 9.53 Å². The molecule has 14 heavy (non-hydrogen) atoms. The summed E-state index contributed by atoms with van der Waals surface area (Å²) in [7, 11) is 1.85. The summed E-state index contributed by atoms with van der Waals surface area (Å²) < 4.78 is 5.24. The first kappa shape index (κ1) is 11.4. The summed E-state index contributed by atoms with van der Waals surface area (Å²) in [5, 5.41) is 5.93. The van der Waals surface area contributed by atoms with Crippen molar-refractivity contribution in [2.45, 2.75) is 12.5 Å². The maximum Gasteiger partial charge on any atom is 0.227 e. The van der Waals surface area contributed by atoms with Crippen molar-refractivity contribution in [2.24, 2.45) is 11.7 Å². The van der Waals surface area contributed by atoms with Crippen LogP contribution in [0.1, 0.15) is 6.42 Å². The van der Waals surface area contributed by atoms with Crippen molar-refractivity contribution >= 4 is 5.91 Å². The predicted octanol–water partition coefficient (Wildman–Crippen LogP) is -1.31. The normalized spacial score (nSPS) is 26.4. The number of hydrogen-bond acceptors (Lipinski definition) is 4. The third-order valence-electron chi connectivity index (χ3n) is 2.47. The quantitative estimate of drug-likeness (QED) is 0.483. The van der Waals surface area contributed by atoms with E-state index in [9.17, 15) is 4.79 Å². The molecule has 1 aliphatic rings. The van der Waals surface area contributed by atoms with Gasteiger partial charge in [0.05, 0.1) is 19.1 Å². The number of nitrogens with two attached hydrogens (primary N) is 1. The van der Waals surface area contributed by atoms with E-state index in [1.165, 1.54) is 0 Å². The molecule has 1 heterocycles. The molecular weight excluding hydrogens is 182 g/mol. The fourth-order valence-electron chi connectivity index (χ4n) is 1.54. The summed E-state index contributed by atoms with van der Waals surface area (Å²) in [5.41, 5.74) is 5.33. The highest BCUT2D eigenvalue weighted by Crippen LogP contribution is 2.13. The Morgan fingerprint density at radius 1 is 1.57 bits per heavy atom. The number of hydrogen-bond donors (Lipinski definition) is 3. The first-order valence-corrected chi connectivity index (χ1v) is 5.02. The van der Waals surface area contributed by atoms with Gasteiger partial charge in [-0.1, -0.05) is 0 Å². The number of carbonyl (C=O) groups excluding carboxylic acids is 1. The van der Waals surface area contributed by atoms with Crippen molar-refractivity contribution in [1.29, 1.82) is 0 Å². The van der Waals surface area contributed by atoms with Gasteiger partial charge in [0.2, 0.25) is 5.91 Å². The SMILES string of the molecule is CNC1COCC1C(=O)NCCCN. The maximum absolute atomic E-state index is 11.6. The van der Waals surface area contributed by atoms with Crippen LogP contribution in [-0.4, -0.2) is 45.3 Å². The molecular formula is C9H19N3O2. The third-order valence-corrected chi connectivity index (χ3v) is 2.47. The van der Waals surface area contributed by atoms with E-state index < -0.39 is 0 Å². The lowest BCUT2D eigenvalue weighted by atomic mass is 10.0. The van der Waals surface area contributed by atoms with Gasteiger partial charge >= 0.3 is 0 Å². The van der Waals surface area contributed by atoms with Gasteiger partial charge in [-0.3, -0.25) is 4.79 Å². The molecule has 82 valence electrons. The van der Waals surface area contributed by atoms with Gasteiger partial charge in [-0.2, -0.15) is 0 Å². The summed E-state index contributed by atoms with van der Waals surface area (Å²) in [6.45, 7) is 2.39. The molecule has 5 heteroatoms. The number of likely N-dealkylation sites (N-methyl/N-ethyl adjacent to an activating group) is 1. The number of ether oxygens (including phenoxy) is 1. The van der Waals surface area contributed by atoms with Gasteiger partial charge in [-0.05, 0) is 20.0 Å². The van der Waals surface area contributed by atoms with Crippen LogP contribution in [0.4, 0.5) is 0 Å². The smallest absolute Gasteiger partial charge is 0.227 e. The monoisotopic (exact) mass is 201 g/mol. The third kappa shape index (κ3) is 2.94. The summed E-state index contributed by atoms with van der Waals surface area (Å²) >= 11 is 0. The lowest BCUT2D eigenvalue weighted by Crippen LogP contribution is -2.43. The second-order valence-electron chi connectivity index (χ2n) is 3.47. The first-order chi connectivity index (χ1) is 6.79. The van der Waals surface area contributed by atoms with Gasteiger partial charge < -0.3 is 21.1 Å². The van der Waals surface area contributed by atoms with Gasteiger partial charge in [0.25, 0.3) is 0 Å². The Kier molecular flexibility index (Phi) is 4.86. The van der Waals surface area contributed by atoms with E-state index in [-0.39, 0.29) is 17.9 Å². The topological polar surface area (TPSA) is 76.4 Å². The average Bonchev–Trinajstić information content (AvgIpc) is 2.65. The lowest BCUT2D eigenvalue weighted by molar-refractivity contribution is -0.125. The van der Waals surface area contributed by atoms with Crippen LogP contribution in [0, 0.1) is 5.92 Å². The van der Waals surface area contributed by atoms with Gasteiger partial charge in [0.15, 0.2) is 0 Å². The molecule has 0 bridgehead atoms. The molecule has 4 N–H and O–H groups in total. The van der Waals surface area contributed by atoms with Crippen molar-refractivity contribution in [3.05, 3.63) is 0 Å². The molecule has 0 saturated carbocycles. The fourth-order valence-corrected chi connectivity index (χ4v) is 1.54. The molecule has 0 radical (unpaired) electrons. The zero-order chi connectivity index (χ0) is 10.4. The highest BCUT2D eigenvalue weighted by atomic mass is 16.5. The number of carbonyl (C=O) groups is 1. The molecule has 0 aromatic rings. The van der Waals surface area contributed by atoms with Crippen LogP contribution in [-0.2, 0) is 9.53 Å².